The van der Waals surface area contributed by atoms with E-state index in [0.29, 0.717) is 12.5 Å². The normalized spacial score (nSPS) is 15.5. The van der Waals surface area contributed by atoms with Crippen LogP contribution in [0, 0.1) is 5.92 Å². The van der Waals surface area contributed by atoms with Gasteiger partial charge in [0.2, 0.25) is 5.91 Å². The van der Waals surface area contributed by atoms with E-state index in [-0.39, 0.29) is 18.9 Å². The molecule has 3 heterocycles. The minimum atomic E-state index is -0.0799. The van der Waals surface area contributed by atoms with Crippen LogP contribution < -0.4 is 4.74 Å². The highest BCUT2D eigenvalue weighted by Gasteiger charge is 2.22. The molecular weight excluding hydrogens is 308 g/mol. The third-order valence-corrected chi connectivity index (χ3v) is 4.29. The number of carbonyl (C=O) groups excluding carboxylic acids is 1. The number of ether oxygens (including phenoxy) is 1. The molecule has 7 nitrogen and oxygen atoms in total. The molecule has 7 heteroatoms. The smallest absolute Gasteiger partial charge is 0.224 e. The van der Waals surface area contributed by atoms with Crippen molar-refractivity contribution in [1.82, 2.24) is 20.1 Å². The van der Waals surface area contributed by atoms with Crippen LogP contribution in [0.5, 0.6) is 5.75 Å². The summed E-state index contributed by atoms with van der Waals surface area (Å²) in [4.78, 5) is 17.9. The van der Waals surface area contributed by atoms with Gasteiger partial charge in [-0.1, -0.05) is 0 Å². The van der Waals surface area contributed by atoms with Crippen LogP contribution in [0.2, 0.25) is 0 Å². The molecule has 0 unspecified atom stereocenters. The van der Waals surface area contributed by atoms with E-state index in [9.17, 15) is 4.79 Å². The van der Waals surface area contributed by atoms with E-state index in [1.54, 1.807) is 12.4 Å². The summed E-state index contributed by atoms with van der Waals surface area (Å²) < 4.78 is 5.83. The first-order valence-electron chi connectivity index (χ1n) is 8.23. The fourth-order valence-electron chi connectivity index (χ4n) is 2.84. The average Bonchev–Trinajstić information content (AvgIpc) is 3.16. The lowest BCUT2D eigenvalue weighted by Crippen LogP contribution is -2.39. The van der Waals surface area contributed by atoms with Gasteiger partial charge in [0, 0.05) is 25.7 Å². The van der Waals surface area contributed by atoms with Gasteiger partial charge in [-0.05, 0) is 37.0 Å². The van der Waals surface area contributed by atoms with Crippen molar-refractivity contribution < 1.29 is 14.6 Å². The molecule has 1 fully saturated rings. The van der Waals surface area contributed by atoms with Crippen molar-refractivity contribution in [2.24, 2.45) is 5.92 Å². The number of aromatic amines is 1. The minimum Gasteiger partial charge on any atom is -0.492 e. The van der Waals surface area contributed by atoms with Crippen molar-refractivity contribution in [3.8, 4) is 17.1 Å². The van der Waals surface area contributed by atoms with E-state index < -0.39 is 0 Å². The van der Waals surface area contributed by atoms with Crippen LogP contribution >= 0.6 is 0 Å². The zero-order valence-electron chi connectivity index (χ0n) is 13.5. The summed E-state index contributed by atoms with van der Waals surface area (Å²) >= 11 is 0. The van der Waals surface area contributed by atoms with Gasteiger partial charge in [0.1, 0.15) is 5.75 Å². The van der Waals surface area contributed by atoms with Gasteiger partial charge in [-0.3, -0.25) is 14.9 Å². The zero-order chi connectivity index (χ0) is 16.8. The van der Waals surface area contributed by atoms with E-state index in [4.69, 9.17) is 9.84 Å². The molecule has 1 aliphatic heterocycles. The van der Waals surface area contributed by atoms with Crippen LogP contribution in [0.4, 0.5) is 0 Å². The topological polar surface area (TPSA) is 91.3 Å². The molecule has 0 radical (unpaired) electrons. The van der Waals surface area contributed by atoms with Gasteiger partial charge in [0.15, 0.2) is 0 Å². The Morgan fingerprint density at radius 1 is 1.33 bits per heavy atom. The lowest BCUT2D eigenvalue weighted by atomic mass is 9.97. The molecule has 0 spiro atoms. The van der Waals surface area contributed by atoms with Crippen LogP contribution in [0.1, 0.15) is 19.3 Å². The van der Waals surface area contributed by atoms with Crippen molar-refractivity contribution in [1.29, 1.82) is 0 Å². The van der Waals surface area contributed by atoms with E-state index >= 15 is 0 Å². The highest BCUT2D eigenvalue weighted by molar-refractivity contribution is 5.76. The third-order valence-electron chi connectivity index (χ3n) is 4.29. The second-order valence-electron chi connectivity index (χ2n) is 5.96. The summed E-state index contributed by atoms with van der Waals surface area (Å²) in [6.45, 7) is 2.03. The predicted octanol–water partition coefficient (Wildman–Crippen LogP) is 1.47. The molecule has 2 aromatic rings. The van der Waals surface area contributed by atoms with Crippen molar-refractivity contribution in [2.75, 3.05) is 26.3 Å². The Morgan fingerprint density at radius 2 is 2.17 bits per heavy atom. The summed E-state index contributed by atoms with van der Waals surface area (Å²) in [5.74, 6) is 1.22. The predicted molar refractivity (Wildman–Crippen MR) is 88.3 cm³/mol. The number of H-pyrrole nitrogens is 1. The van der Waals surface area contributed by atoms with Crippen molar-refractivity contribution in [3.63, 3.8) is 0 Å². The number of aliphatic hydroxyl groups is 1. The Kier molecular flexibility index (Phi) is 5.43. The number of hydrogen-bond acceptors (Lipinski definition) is 5. The van der Waals surface area contributed by atoms with Gasteiger partial charge in [0.25, 0.3) is 0 Å². The molecule has 0 bridgehead atoms. The number of carbonyl (C=O) groups is 1. The lowest BCUT2D eigenvalue weighted by Gasteiger charge is -2.31. The number of piperidine rings is 1. The standard InChI is InChI=1S/C17H22N4O3/c22-10-6-17(23)21-8-4-13(5-9-21)12-24-14-1-2-15(18-11-14)16-3-7-19-20-16/h1-3,7,11,13,22H,4-6,8-10,12H2,(H,19,20). The van der Waals surface area contributed by atoms with Gasteiger partial charge >= 0.3 is 0 Å². The maximum Gasteiger partial charge on any atom is 0.224 e. The first-order valence-corrected chi connectivity index (χ1v) is 8.23. The molecular formula is C17H22N4O3. The van der Waals surface area contributed by atoms with Crippen LogP contribution in [0.15, 0.2) is 30.6 Å². The monoisotopic (exact) mass is 330 g/mol. The average molecular weight is 330 g/mol. The summed E-state index contributed by atoms with van der Waals surface area (Å²) in [6, 6.07) is 5.68. The first kappa shape index (κ1) is 16.4. The highest BCUT2D eigenvalue weighted by Crippen LogP contribution is 2.21. The Labute approximate surface area is 140 Å². The third kappa shape index (κ3) is 4.11. The number of amides is 1. The molecule has 3 rings (SSSR count). The van der Waals surface area contributed by atoms with E-state index in [1.165, 1.54) is 0 Å². The van der Waals surface area contributed by atoms with Crippen molar-refractivity contribution >= 4 is 5.91 Å². The second-order valence-corrected chi connectivity index (χ2v) is 5.96. The van der Waals surface area contributed by atoms with Gasteiger partial charge < -0.3 is 14.7 Å². The Bertz CT molecular complexity index is 634. The van der Waals surface area contributed by atoms with Crippen molar-refractivity contribution in [3.05, 3.63) is 30.6 Å². The number of nitrogens with zero attached hydrogens (tertiary/aromatic N) is 3. The summed E-state index contributed by atoms with van der Waals surface area (Å²) in [7, 11) is 0. The van der Waals surface area contributed by atoms with Gasteiger partial charge in [-0.2, -0.15) is 5.10 Å². The van der Waals surface area contributed by atoms with Gasteiger partial charge in [-0.15, -0.1) is 0 Å². The molecule has 2 N–H and O–H groups in total. The number of hydrogen-bond donors (Lipinski definition) is 2. The molecule has 1 aliphatic rings. The molecule has 0 aromatic carbocycles. The molecule has 24 heavy (non-hydrogen) atoms. The van der Waals surface area contributed by atoms with Crippen LogP contribution in [-0.4, -0.2) is 57.4 Å². The summed E-state index contributed by atoms with van der Waals surface area (Å²) in [5.41, 5.74) is 1.71. The molecule has 1 amide bonds. The zero-order valence-corrected chi connectivity index (χ0v) is 13.5. The van der Waals surface area contributed by atoms with Gasteiger partial charge in [-0.25, -0.2) is 0 Å². The van der Waals surface area contributed by atoms with E-state index in [2.05, 4.69) is 15.2 Å². The maximum absolute atomic E-state index is 11.7. The Balaban J connectivity index is 1.44. The molecule has 0 atom stereocenters. The van der Waals surface area contributed by atoms with E-state index in [0.717, 1.165) is 43.1 Å². The maximum atomic E-state index is 11.7. The first-order chi connectivity index (χ1) is 11.8. The van der Waals surface area contributed by atoms with Crippen LogP contribution in [-0.2, 0) is 4.79 Å². The minimum absolute atomic E-state index is 0.0375. The van der Waals surface area contributed by atoms with Gasteiger partial charge in [0.05, 0.1) is 30.8 Å². The Hall–Kier alpha value is -2.41. The quantitative estimate of drug-likeness (QED) is 0.837. The SMILES string of the molecule is O=C(CCO)N1CCC(COc2ccc(-c3ccn[nH]3)nc2)CC1. The number of likely N-dealkylation sites (tertiary alicyclic amines) is 1. The summed E-state index contributed by atoms with van der Waals surface area (Å²) in [6.07, 6.45) is 5.48. The highest BCUT2D eigenvalue weighted by atomic mass is 16.5. The number of pyridine rings is 1. The molecule has 0 aliphatic carbocycles. The number of nitrogens with one attached hydrogen (secondary N) is 1. The molecule has 2 aromatic heterocycles. The second kappa shape index (κ2) is 7.92. The molecule has 128 valence electrons. The largest absolute Gasteiger partial charge is 0.492 e. The lowest BCUT2D eigenvalue weighted by molar-refractivity contribution is -0.133. The van der Waals surface area contributed by atoms with Crippen molar-refractivity contribution in [2.45, 2.75) is 19.3 Å². The van der Waals surface area contributed by atoms with E-state index in [1.807, 2.05) is 23.1 Å². The fraction of sp³-hybridized carbons (Fsp3) is 0.471. The Morgan fingerprint density at radius 3 is 2.79 bits per heavy atom. The fourth-order valence-corrected chi connectivity index (χ4v) is 2.84. The summed E-state index contributed by atoms with van der Waals surface area (Å²) in [5, 5.41) is 15.6. The number of rotatable bonds is 6. The number of aliphatic hydroxyl groups excluding tert-OH is 1. The number of aromatic nitrogens is 3. The molecule has 0 saturated carbocycles. The molecule has 1 saturated heterocycles. The van der Waals surface area contributed by atoms with Crippen LogP contribution in [0.3, 0.4) is 0 Å². The van der Waals surface area contributed by atoms with Crippen LogP contribution in [0.25, 0.3) is 11.4 Å².